The molecule has 3 fully saturated rings. The topological polar surface area (TPSA) is 101 Å². The van der Waals surface area contributed by atoms with Crippen LogP contribution in [0.15, 0.2) is 18.2 Å². The van der Waals surface area contributed by atoms with Gasteiger partial charge in [0.05, 0.1) is 0 Å². The van der Waals surface area contributed by atoms with E-state index in [1.54, 1.807) is 6.07 Å². The summed E-state index contributed by atoms with van der Waals surface area (Å²) in [6, 6.07) is 4.60. The number of benzene rings is 1. The summed E-state index contributed by atoms with van der Waals surface area (Å²) in [6.07, 6.45) is -8.48. The number of carbonyl (C=O) groups is 2. The second-order valence-electron chi connectivity index (χ2n) is 7.51. The maximum absolute atomic E-state index is 13.1. The van der Waals surface area contributed by atoms with Crippen molar-refractivity contribution in [2.45, 2.75) is 49.2 Å². The molecule has 2 saturated heterocycles. The average molecular weight is 415 g/mol. The molecular weight excluding hydrogens is 399 g/mol. The Morgan fingerprint density at radius 1 is 1.17 bits per heavy atom. The number of carbonyl (C=O) groups excluding carboxylic acids is 2. The molecule has 1 N–H and O–H groups in total. The number of alkyl halides is 3. The van der Waals surface area contributed by atoms with E-state index < -0.39 is 48.6 Å². The molecule has 29 heavy (non-hydrogen) atoms. The predicted octanol–water partition coefficient (Wildman–Crippen LogP) is 0.545. The molecule has 0 spiro atoms. The number of Topliss-reactive ketones (excluding diaryl/α,β-unsaturated/α-hetero) is 1. The van der Waals surface area contributed by atoms with Gasteiger partial charge >= 0.3 is 12.1 Å². The number of ether oxygens (including phenoxy) is 4. The first-order valence-electron chi connectivity index (χ1n) is 9.00. The first kappa shape index (κ1) is 18.6. The highest BCUT2D eigenvalue weighted by Gasteiger charge is 2.75. The van der Waals surface area contributed by atoms with Crippen LogP contribution in [0.2, 0.25) is 0 Å². The molecule has 156 valence electrons. The van der Waals surface area contributed by atoms with Crippen LogP contribution in [0.25, 0.3) is 0 Å². The predicted molar refractivity (Wildman–Crippen MR) is 85.9 cm³/mol. The number of amides is 1. The first-order valence-corrected chi connectivity index (χ1v) is 9.00. The Labute approximate surface area is 162 Å². The largest absolute Gasteiger partial charge is 0.471 e. The van der Waals surface area contributed by atoms with E-state index >= 15 is 0 Å². The van der Waals surface area contributed by atoms with E-state index in [0.29, 0.717) is 22.0 Å². The Kier molecular flexibility index (Phi) is 3.90. The lowest BCUT2D eigenvalue weighted by Gasteiger charge is -2.31. The van der Waals surface area contributed by atoms with Gasteiger partial charge in [0.15, 0.2) is 17.3 Å². The molecule has 1 aromatic carbocycles. The minimum Gasteiger partial charge on any atom is -0.454 e. The molecule has 0 radical (unpaired) electrons. The van der Waals surface area contributed by atoms with Crippen LogP contribution in [0.1, 0.15) is 12.0 Å². The Morgan fingerprint density at radius 3 is 2.48 bits per heavy atom. The van der Waals surface area contributed by atoms with Crippen LogP contribution in [-0.4, -0.2) is 71.2 Å². The first-order chi connectivity index (χ1) is 13.7. The van der Waals surface area contributed by atoms with Crippen molar-refractivity contribution in [1.82, 2.24) is 4.90 Å². The molecule has 3 aliphatic heterocycles. The van der Waals surface area contributed by atoms with Gasteiger partial charge in [-0.3, -0.25) is 9.59 Å². The second kappa shape index (κ2) is 6.07. The maximum Gasteiger partial charge on any atom is 0.471 e. The molecule has 5 rings (SSSR count). The van der Waals surface area contributed by atoms with Gasteiger partial charge < -0.3 is 29.0 Å². The van der Waals surface area contributed by atoms with E-state index in [4.69, 9.17) is 18.9 Å². The van der Waals surface area contributed by atoms with Gasteiger partial charge in [0.1, 0.15) is 30.0 Å². The smallest absolute Gasteiger partial charge is 0.454 e. The standard InChI is InChI=1S/C18H16F3NO7/c19-18(20,21)16(24)22(6-8-1-2-9-10(5-8)27-7-26-9)4-3-17(25)14-12(28-14)11(23)13-15(17)29-13/h1-2,5,12-15,25H,3-4,6-7H2. The highest BCUT2D eigenvalue weighted by Crippen LogP contribution is 2.52. The van der Waals surface area contributed by atoms with Gasteiger partial charge in [-0.2, -0.15) is 13.2 Å². The number of fused-ring (bicyclic) bond motifs is 3. The molecule has 1 aliphatic carbocycles. The molecule has 0 bridgehead atoms. The van der Waals surface area contributed by atoms with Crippen molar-refractivity contribution >= 4 is 11.7 Å². The minimum absolute atomic E-state index is 0.0147. The number of nitrogens with zero attached hydrogens (tertiary/aromatic N) is 1. The number of rotatable bonds is 5. The molecule has 4 aliphatic rings. The Bertz CT molecular complexity index is 869. The van der Waals surface area contributed by atoms with Gasteiger partial charge in [-0.15, -0.1) is 0 Å². The van der Waals surface area contributed by atoms with Crippen LogP contribution in [0.3, 0.4) is 0 Å². The van der Waals surface area contributed by atoms with Crippen molar-refractivity contribution in [3.8, 4) is 11.5 Å². The van der Waals surface area contributed by atoms with Crippen LogP contribution in [0.5, 0.6) is 11.5 Å². The van der Waals surface area contributed by atoms with Gasteiger partial charge in [-0.1, -0.05) is 6.07 Å². The SMILES string of the molecule is O=C1C2OC2C(O)(CCN(Cc2ccc3c(c2)OCO3)C(=O)C(F)(F)F)C2OC12. The lowest BCUT2D eigenvalue weighted by atomic mass is 9.81. The van der Waals surface area contributed by atoms with Crippen LogP contribution in [0.4, 0.5) is 13.2 Å². The van der Waals surface area contributed by atoms with E-state index in [2.05, 4.69) is 0 Å². The van der Waals surface area contributed by atoms with Crippen molar-refractivity contribution < 1.29 is 46.8 Å². The summed E-state index contributed by atoms with van der Waals surface area (Å²) < 4.78 is 60.1. The third-order valence-electron chi connectivity index (χ3n) is 5.65. The van der Waals surface area contributed by atoms with Crippen molar-refractivity contribution in [1.29, 1.82) is 0 Å². The van der Waals surface area contributed by atoms with Gasteiger partial charge in [0.25, 0.3) is 0 Å². The number of ketones is 1. The van der Waals surface area contributed by atoms with Crippen molar-refractivity contribution in [3.05, 3.63) is 23.8 Å². The average Bonchev–Trinajstić information content (AvgIpc) is 3.58. The highest BCUT2D eigenvalue weighted by molar-refractivity contribution is 5.94. The van der Waals surface area contributed by atoms with Crippen molar-refractivity contribution in [2.75, 3.05) is 13.3 Å². The number of epoxide rings is 2. The summed E-state index contributed by atoms with van der Waals surface area (Å²) >= 11 is 0. The molecule has 4 unspecified atom stereocenters. The van der Waals surface area contributed by atoms with Gasteiger partial charge in [-0.05, 0) is 24.1 Å². The van der Waals surface area contributed by atoms with Crippen LogP contribution in [0, 0.1) is 0 Å². The van der Waals surface area contributed by atoms with E-state index in [9.17, 15) is 27.9 Å². The van der Waals surface area contributed by atoms with Crippen LogP contribution >= 0.6 is 0 Å². The highest BCUT2D eigenvalue weighted by atomic mass is 19.4. The zero-order chi connectivity index (χ0) is 20.6. The lowest BCUT2D eigenvalue weighted by Crippen LogP contribution is -2.52. The number of hydrogen-bond donors (Lipinski definition) is 1. The normalized spacial score (nSPS) is 33.7. The fourth-order valence-corrected chi connectivity index (χ4v) is 4.03. The van der Waals surface area contributed by atoms with Gasteiger partial charge in [0, 0.05) is 13.1 Å². The zero-order valence-electron chi connectivity index (χ0n) is 14.8. The molecular formula is C18H16F3NO7. The molecule has 1 aromatic rings. The van der Waals surface area contributed by atoms with Crippen LogP contribution in [-0.2, 0) is 25.6 Å². The molecule has 11 heteroatoms. The molecule has 8 nitrogen and oxygen atoms in total. The quantitative estimate of drug-likeness (QED) is 0.701. The molecule has 3 heterocycles. The van der Waals surface area contributed by atoms with E-state index in [-0.39, 0.29) is 25.5 Å². The Morgan fingerprint density at radius 2 is 1.83 bits per heavy atom. The van der Waals surface area contributed by atoms with Crippen molar-refractivity contribution in [2.24, 2.45) is 0 Å². The Balaban J connectivity index is 1.33. The number of hydrogen-bond acceptors (Lipinski definition) is 7. The van der Waals surface area contributed by atoms with Gasteiger partial charge in [-0.25, -0.2) is 0 Å². The van der Waals surface area contributed by atoms with E-state index in [0.717, 1.165) is 0 Å². The summed E-state index contributed by atoms with van der Waals surface area (Å²) in [7, 11) is 0. The fraction of sp³-hybridized carbons (Fsp3) is 0.556. The van der Waals surface area contributed by atoms with Crippen LogP contribution < -0.4 is 9.47 Å². The number of halogens is 3. The molecule has 4 atom stereocenters. The number of aliphatic hydroxyl groups is 1. The summed E-state index contributed by atoms with van der Waals surface area (Å²) in [5.74, 6) is -1.42. The Hall–Kier alpha value is -2.37. The van der Waals surface area contributed by atoms with Gasteiger partial charge in [0.2, 0.25) is 6.79 Å². The summed E-state index contributed by atoms with van der Waals surface area (Å²) in [5.41, 5.74) is -1.19. The maximum atomic E-state index is 13.1. The van der Waals surface area contributed by atoms with E-state index in [1.165, 1.54) is 12.1 Å². The van der Waals surface area contributed by atoms with Crippen molar-refractivity contribution in [3.63, 3.8) is 0 Å². The molecule has 1 amide bonds. The molecule has 1 saturated carbocycles. The summed E-state index contributed by atoms with van der Waals surface area (Å²) in [4.78, 5) is 24.4. The third kappa shape index (κ3) is 3.04. The lowest BCUT2D eigenvalue weighted by molar-refractivity contribution is -0.187. The fourth-order valence-electron chi connectivity index (χ4n) is 4.03. The zero-order valence-corrected chi connectivity index (χ0v) is 14.8. The monoisotopic (exact) mass is 415 g/mol. The minimum atomic E-state index is -5.07. The summed E-state index contributed by atoms with van der Waals surface area (Å²) in [5, 5.41) is 10.9. The second-order valence-corrected chi connectivity index (χ2v) is 7.51. The van der Waals surface area contributed by atoms with E-state index in [1.807, 2.05) is 0 Å². The third-order valence-corrected chi connectivity index (χ3v) is 5.65. The summed E-state index contributed by atoms with van der Waals surface area (Å²) in [6.45, 7) is -0.717. The molecule has 0 aromatic heterocycles.